The first-order valence-corrected chi connectivity index (χ1v) is 6.25. The third-order valence-electron chi connectivity index (χ3n) is 3.51. The first-order chi connectivity index (χ1) is 8.38. The third-order valence-corrected chi connectivity index (χ3v) is 3.51. The zero-order valence-corrected chi connectivity index (χ0v) is 10.1. The normalized spacial score (nSPS) is 13.4. The number of hydrogen-bond acceptors (Lipinski definition) is 0. The van der Waals surface area contributed by atoms with E-state index in [2.05, 4.69) is 61.5 Å². The fourth-order valence-corrected chi connectivity index (χ4v) is 2.58. The maximum absolute atomic E-state index is 2.36. The molecule has 1 aliphatic rings. The predicted molar refractivity (Wildman–Crippen MR) is 73.8 cm³/mol. The van der Waals surface area contributed by atoms with Gasteiger partial charge in [-0.05, 0) is 40.7 Å². The number of fused-ring (bicyclic) bond motifs is 1. The molecule has 2 aromatic carbocycles. The monoisotopic (exact) mass is 220 g/mol. The molecule has 0 amide bonds. The van der Waals surface area contributed by atoms with Crippen molar-refractivity contribution in [2.45, 2.75) is 19.8 Å². The molecular formula is C17H16. The van der Waals surface area contributed by atoms with Crippen LogP contribution in [0.4, 0.5) is 0 Å². The van der Waals surface area contributed by atoms with Gasteiger partial charge in [0.2, 0.25) is 0 Å². The van der Waals surface area contributed by atoms with Crippen molar-refractivity contribution in [3.8, 4) is 0 Å². The maximum Gasteiger partial charge on any atom is -0.00136 e. The molecule has 3 rings (SSSR count). The molecule has 0 spiro atoms. The van der Waals surface area contributed by atoms with Gasteiger partial charge in [-0.2, -0.15) is 0 Å². The van der Waals surface area contributed by atoms with Crippen LogP contribution < -0.4 is 0 Å². The summed E-state index contributed by atoms with van der Waals surface area (Å²) in [6, 6.07) is 17.4. The molecule has 0 N–H and O–H groups in total. The van der Waals surface area contributed by atoms with Crippen molar-refractivity contribution in [1.82, 2.24) is 0 Å². The average molecular weight is 220 g/mol. The Labute approximate surface area is 103 Å². The summed E-state index contributed by atoms with van der Waals surface area (Å²) >= 11 is 0. The first-order valence-electron chi connectivity index (χ1n) is 6.25. The lowest BCUT2D eigenvalue weighted by Crippen LogP contribution is -1.89. The highest BCUT2D eigenvalue weighted by Gasteiger charge is 2.15. The second-order valence-corrected chi connectivity index (χ2v) is 4.56. The van der Waals surface area contributed by atoms with Gasteiger partial charge in [-0.3, -0.25) is 0 Å². The Balaban J connectivity index is 2.04. The maximum atomic E-state index is 2.36. The lowest BCUT2D eigenvalue weighted by Gasteiger charge is -2.03. The van der Waals surface area contributed by atoms with Crippen molar-refractivity contribution in [2.75, 3.05) is 0 Å². The lowest BCUT2D eigenvalue weighted by molar-refractivity contribution is 1.12. The summed E-state index contributed by atoms with van der Waals surface area (Å²) in [5.41, 5.74) is 7.19. The zero-order chi connectivity index (χ0) is 11.7. The Morgan fingerprint density at radius 3 is 2.53 bits per heavy atom. The van der Waals surface area contributed by atoms with Crippen molar-refractivity contribution < 1.29 is 0 Å². The van der Waals surface area contributed by atoms with Crippen LogP contribution in [0.3, 0.4) is 0 Å². The second kappa shape index (κ2) is 4.21. The van der Waals surface area contributed by atoms with Crippen LogP contribution >= 0.6 is 0 Å². The van der Waals surface area contributed by atoms with Crippen LogP contribution in [-0.2, 0) is 12.8 Å². The van der Waals surface area contributed by atoms with E-state index in [1.807, 2.05) is 0 Å². The van der Waals surface area contributed by atoms with Gasteiger partial charge in [-0.15, -0.1) is 0 Å². The van der Waals surface area contributed by atoms with Gasteiger partial charge in [0.05, 0.1) is 0 Å². The van der Waals surface area contributed by atoms with Gasteiger partial charge in [0, 0.05) is 0 Å². The van der Waals surface area contributed by atoms with Crippen LogP contribution in [-0.4, -0.2) is 0 Å². The zero-order valence-electron chi connectivity index (χ0n) is 10.1. The quantitative estimate of drug-likeness (QED) is 0.706. The molecule has 0 atom stereocenters. The fraction of sp³-hybridized carbons (Fsp3) is 0.176. The van der Waals surface area contributed by atoms with E-state index in [0.717, 1.165) is 12.8 Å². The second-order valence-electron chi connectivity index (χ2n) is 4.56. The molecule has 0 nitrogen and oxygen atoms in total. The number of rotatable bonds is 2. The van der Waals surface area contributed by atoms with E-state index in [-0.39, 0.29) is 0 Å². The van der Waals surface area contributed by atoms with E-state index in [0.29, 0.717) is 0 Å². The average Bonchev–Trinajstić information content (AvgIpc) is 2.83. The highest BCUT2D eigenvalue weighted by atomic mass is 14.2. The summed E-state index contributed by atoms with van der Waals surface area (Å²) in [6.45, 7) is 2.23. The molecule has 2 aromatic rings. The molecule has 0 fully saturated rings. The fourth-order valence-electron chi connectivity index (χ4n) is 2.58. The summed E-state index contributed by atoms with van der Waals surface area (Å²) in [4.78, 5) is 0. The number of allylic oxidation sites excluding steroid dienone is 1. The lowest BCUT2D eigenvalue weighted by atomic mass is 10.0. The Morgan fingerprint density at radius 1 is 0.941 bits per heavy atom. The van der Waals surface area contributed by atoms with Gasteiger partial charge in [-0.1, -0.05) is 61.5 Å². The highest BCUT2D eigenvalue weighted by molar-refractivity contribution is 5.89. The van der Waals surface area contributed by atoms with Crippen LogP contribution in [0.25, 0.3) is 11.6 Å². The van der Waals surface area contributed by atoms with E-state index in [4.69, 9.17) is 0 Å². The minimum atomic E-state index is 1.08. The van der Waals surface area contributed by atoms with Crippen LogP contribution in [0.2, 0.25) is 0 Å². The van der Waals surface area contributed by atoms with E-state index in [1.165, 1.54) is 27.8 Å². The molecule has 1 aliphatic carbocycles. The topological polar surface area (TPSA) is 0 Å². The first kappa shape index (κ1) is 10.3. The van der Waals surface area contributed by atoms with E-state index >= 15 is 0 Å². The smallest absolute Gasteiger partial charge is 0.00136 e. The molecule has 0 aliphatic heterocycles. The predicted octanol–water partition coefficient (Wildman–Crippen LogP) is 4.35. The molecule has 0 bridgehead atoms. The molecule has 17 heavy (non-hydrogen) atoms. The van der Waals surface area contributed by atoms with Gasteiger partial charge in [-0.25, -0.2) is 0 Å². The van der Waals surface area contributed by atoms with Crippen molar-refractivity contribution in [3.05, 3.63) is 70.8 Å². The van der Waals surface area contributed by atoms with Crippen LogP contribution in [0.15, 0.2) is 48.5 Å². The largest absolute Gasteiger partial charge is 0.0622 e. The Bertz CT molecular complexity index is 562. The van der Waals surface area contributed by atoms with Gasteiger partial charge in [0.25, 0.3) is 0 Å². The molecule has 0 saturated heterocycles. The van der Waals surface area contributed by atoms with Crippen molar-refractivity contribution in [1.29, 1.82) is 0 Å². The molecule has 0 radical (unpaired) electrons. The molecule has 0 heteroatoms. The number of hydrogen-bond donors (Lipinski definition) is 0. The molecular weight excluding hydrogens is 204 g/mol. The van der Waals surface area contributed by atoms with E-state index in [9.17, 15) is 0 Å². The summed E-state index contributed by atoms with van der Waals surface area (Å²) in [6.07, 6.45) is 4.55. The standard InChI is InChI=1S/C17H16/c1-2-13-9-6-10-15-11-16(12-17(13)15)14-7-4-3-5-8-14/h3-10,12H,2,11H2,1H3. The molecule has 84 valence electrons. The van der Waals surface area contributed by atoms with Gasteiger partial charge in [0.1, 0.15) is 0 Å². The summed E-state index contributed by atoms with van der Waals surface area (Å²) in [5.74, 6) is 0. The van der Waals surface area contributed by atoms with Crippen molar-refractivity contribution >= 4 is 11.6 Å². The SMILES string of the molecule is CCc1cccc2c1C=C(c1ccccc1)C2. The van der Waals surface area contributed by atoms with Crippen LogP contribution in [0.1, 0.15) is 29.2 Å². The number of benzene rings is 2. The molecule has 0 aromatic heterocycles. The van der Waals surface area contributed by atoms with E-state index in [1.54, 1.807) is 0 Å². The number of aryl methyl sites for hydroxylation is 1. The summed E-state index contributed by atoms with van der Waals surface area (Å²) in [5, 5.41) is 0. The minimum absolute atomic E-state index is 1.08. The van der Waals surface area contributed by atoms with Crippen molar-refractivity contribution in [3.63, 3.8) is 0 Å². The van der Waals surface area contributed by atoms with Crippen LogP contribution in [0.5, 0.6) is 0 Å². The van der Waals surface area contributed by atoms with Crippen molar-refractivity contribution in [2.24, 2.45) is 0 Å². The molecule has 0 saturated carbocycles. The van der Waals surface area contributed by atoms with Crippen LogP contribution in [0, 0.1) is 0 Å². The Morgan fingerprint density at radius 2 is 1.76 bits per heavy atom. The van der Waals surface area contributed by atoms with Gasteiger partial charge < -0.3 is 0 Å². The minimum Gasteiger partial charge on any atom is -0.0622 e. The summed E-state index contributed by atoms with van der Waals surface area (Å²) in [7, 11) is 0. The van der Waals surface area contributed by atoms with Gasteiger partial charge in [0.15, 0.2) is 0 Å². The Hall–Kier alpha value is -1.82. The third kappa shape index (κ3) is 1.80. The molecule has 0 heterocycles. The van der Waals surface area contributed by atoms with E-state index < -0.39 is 0 Å². The Kier molecular flexibility index (Phi) is 2.56. The van der Waals surface area contributed by atoms with Gasteiger partial charge >= 0.3 is 0 Å². The molecule has 0 unspecified atom stereocenters. The highest BCUT2D eigenvalue weighted by Crippen LogP contribution is 2.33. The summed E-state index contributed by atoms with van der Waals surface area (Å²) < 4.78 is 0.